The predicted octanol–water partition coefficient (Wildman–Crippen LogP) is 4.79. The van der Waals surface area contributed by atoms with Crippen LogP contribution in [0.2, 0.25) is 5.02 Å². The molecule has 12 heteroatoms. The smallest absolute Gasteiger partial charge is 0.417 e. The number of hydrogen-bond acceptors (Lipinski definition) is 7. The van der Waals surface area contributed by atoms with Crippen LogP contribution in [-0.2, 0) is 13.1 Å². The van der Waals surface area contributed by atoms with Gasteiger partial charge in [0.25, 0.3) is 0 Å². The molecular weight excluding hydrogens is 533 g/mol. The highest BCUT2D eigenvalue weighted by Gasteiger charge is 2.62. The van der Waals surface area contributed by atoms with Crippen molar-refractivity contribution in [3.63, 3.8) is 0 Å². The number of hydrogen-bond donors (Lipinski definition) is 1. The van der Waals surface area contributed by atoms with Crippen molar-refractivity contribution in [1.82, 2.24) is 24.6 Å². The Bertz CT molecular complexity index is 1380. The minimum atomic E-state index is -4.64. The Hall–Kier alpha value is -2.89. The molecule has 0 spiro atoms. The van der Waals surface area contributed by atoms with E-state index in [2.05, 4.69) is 19.7 Å². The SMILES string of the molecule is COc1ccc(C)nc1N1CCC(c2nnc3n2-c2ccc(Cl)cc2CN(C2CC(O)(C(F)(F)F)C2)C3)CC1. The molecule has 208 valence electrons. The normalized spacial score (nSPS) is 24.1. The van der Waals surface area contributed by atoms with Crippen molar-refractivity contribution in [2.45, 2.75) is 69.4 Å². The summed E-state index contributed by atoms with van der Waals surface area (Å²) in [5.41, 5.74) is 0.0845. The van der Waals surface area contributed by atoms with Gasteiger partial charge in [-0.15, -0.1) is 10.2 Å². The molecule has 3 aromatic rings. The van der Waals surface area contributed by atoms with Gasteiger partial charge in [-0.05, 0) is 55.7 Å². The molecule has 2 aromatic heterocycles. The van der Waals surface area contributed by atoms with Crippen LogP contribution in [0.25, 0.3) is 5.69 Å². The minimum Gasteiger partial charge on any atom is -0.493 e. The highest BCUT2D eigenvalue weighted by Crippen LogP contribution is 2.48. The van der Waals surface area contributed by atoms with Crippen LogP contribution in [0.5, 0.6) is 5.75 Å². The first kappa shape index (κ1) is 26.3. The lowest BCUT2D eigenvalue weighted by atomic mass is 9.74. The van der Waals surface area contributed by atoms with Crippen LogP contribution in [0.4, 0.5) is 19.0 Å². The molecule has 4 heterocycles. The molecule has 3 aliphatic rings. The molecule has 0 unspecified atom stereocenters. The van der Waals surface area contributed by atoms with Crippen molar-refractivity contribution in [3.8, 4) is 11.4 Å². The second-order valence-corrected chi connectivity index (χ2v) is 11.3. The Morgan fingerprint density at radius 3 is 2.51 bits per heavy atom. The Morgan fingerprint density at radius 1 is 1.08 bits per heavy atom. The number of fused-ring (bicyclic) bond motifs is 3. The van der Waals surface area contributed by atoms with E-state index in [1.165, 1.54) is 0 Å². The van der Waals surface area contributed by atoms with Crippen molar-refractivity contribution in [3.05, 3.63) is 58.3 Å². The van der Waals surface area contributed by atoms with Crippen molar-refractivity contribution in [2.75, 3.05) is 25.1 Å². The monoisotopic (exact) mass is 562 g/mol. The van der Waals surface area contributed by atoms with Crippen LogP contribution in [0, 0.1) is 6.92 Å². The number of methoxy groups -OCH3 is 1. The van der Waals surface area contributed by atoms with Crippen LogP contribution in [-0.4, -0.2) is 67.8 Å². The van der Waals surface area contributed by atoms with Crippen LogP contribution in [0.15, 0.2) is 30.3 Å². The van der Waals surface area contributed by atoms with Gasteiger partial charge in [-0.3, -0.25) is 9.47 Å². The molecule has 0 atom stereocenters. The molecule has 0 bridgehead atoms. The number of piperidine rings is 1. The quantitative estimate of drug-likeness (QED) is 0.490. The van der Waals surface area contributed by atoms with Gasteiger partial charge in [-0.2, -0.15) is 13.2 Å². The lowest BCUT2D eigenvalue weighted by molar-refractivity contribution is -0.300. The second-order valence-electron chi connectivity index (χ2n) is 10.8. The number of aliphatic hydroxyl groups is 1. The van der Waals surface area contributed by atoms with E-state index in [1.54, 1.807) is 7.11 Å². The molecule has 1 saturated carbocycles. The Kier molecular flexibility index (Phi) is 6.51. The number of pyridine rings is 1. The van der Waals surface area contributed by atoms with Gasteiger partial charge in [-0.25, -0.2) is 4.98 Å². The molecular formula is C27H30ClF3N6O2. The highest BCUT2D eigenvalue weighted by atomic mass is 35.5. The van der Waals surface area contributed by atoms with Crippen LogP contribution < -0.4 is 9.64 Å². The van der Waals surface area contributed by atoms with Crippen molar-refractivity contribution < 1.29 is 23.0 Å². The van der Waals surface area contributed by atoms with Gasteiger partial charge < -0.3 is 14.7 Å². The van der Waals surface area contributed by atoms with Crippen molar-refractivity contribution in [2.24, 2.45) is 0 Å². The summed E-state index contributed by atoms with van der Waals surface area (Å²) in [7, 11) is 1.65. The molecule has 0 radical (unpaired) electrons. The average molecular weight is 563 g/mol. The number of alkyl halides is 3. The summed E-state index contributed by atoms with van der Waals surface area (Å²) in [5.74, 6) is 3.26. The van der Waals surface area contributed by atoms with E-state index >= 15 is 0 Å². The van der Waals surface area contributed by atoms with Crippen molar-refractivity contribution in [1.29, 1.82) is 0 Å². The Balaban J connectivity index is 1.26. The number of rotatable bonds is 4. The summed E-state index contributed by atoms with van der Waals surface area (Å²) < 4.78 is 47.6. The number of halogens is 4. The number of ether oxygens (including phenoxy) is 1. The van der Waals surface area contributed by atoms with E-state index in [-0.39, 0.29) is 18.8 Å². The molecule has 8 nitrogen and oxygen atoms in total. The Labute approximate surface area is 229 Å². The molecule has 0 amide bonds. The maximum absolute atomic E-state index is 13.3. The number of benzene rings is 1. The zero-order chi connectivity index (χ0) is 27.5. The number of aromatic nitrogens is 4. The topological polar surface area (TPSA) is 79.5 Å². The fraction of sp³-hybridized carbons (Fsp3) is 0.519. The molecule has 2 aliphatic heterocycles. The number of nitrogens with zero attached hydrogens (tertiary/aromatic N) is 6. The maximum Gasteiger partial charge on any atom is 0.417 e. The standard InChI is InChI=1S/C27H30ClF3N6O2/c1-16-3-6-22(39-2)25(32-16)35-9-7-17(8-10-35)24-34-33-23-15-36(20-12-26(38,13-20)27(29,30)31)14-18-11-19(28)4-5-21(18)37(23)24/h3-6,11,17,20,38H,7-10,12-15H2,1-2H3. The maximum atomic E-state index is 13.3. The van der Waals surface area contributed by atoms with Gasteiger partial charge in [0.1, 0.15) is 5.82 Å². The number of anilines is 1. The largest absolute Gasteiger partial charge is 0.493 e. The third kappa shape index (κ3) is 4.64. The number of aryl methyl sites for hydroxylation is 1. The van der Waals surface area contributed by atoms with Crippen LogP contribution in [0.3, 0.4) is 0 Å². The summed E-state index contributed by atoms with van der Waals surface area (Å²) >= 11 is 6.34. The van der Waals surface area contributed by atoms with Crippen LogP contribution in [0.1, 0.15) is 54.5 Å². The van der Waals surface area contributed by atoms with E-state index in [1.807, 2.05) is 42.2 Å². The van der Waals surface area contributed by atoms with Gasteiger partial charge in [0.15, 0.2) is 23.0 Å². The molecule has 1 saturated heterocycles. The van der Waals surface area contributed by atoms with E-state index in [4.69, 9.17) is 21.3 Å². The van der Waals surface area contributed by atoms with Gasteiger partial charge in [0.2, 0.25) is 0 Å². The van der Waals surface area contributed by atoms with E-state index < -0.39 is 17.8 Å². The summed E-state index contributed by atoms with van der Waals surface area (Å²) in [6, 6.07) is 9.05. The fourth-order valence-electron chi connectivity index (χ4n) is 6.05. The van der Waals surface area contributed by atoms with Crippen LogP contribution >= 0.6 is 11.6 Å². The molecule has 1 aromatic carbocycles. The lowest BCUT2D eigenvalue weighted by Gasteiger charge is -2.48. The summed E-state index contributed by atoms with van der Waals surface area (Å²) in [4.78, 5) is 8.88. The van der Waals surface area contributed by atoms with E-state index in [0.29, 0.717) is 23.9 Å². The third-order valence-corrected chi connectivity index (χ3v) is 8.54. The van der Waals surface area contributed by atoms with Crippen molar-refractivity contribution >= 4 is 17.4 Å². The van der Waals surface area contributed by atoms with Gasteiger partial charge in [0, 0.05) is 55.2 Å². The molecule has 39 heavy (non-hydrogen) atoms. The molecule has 2 fully saturated rings. The second kappa shape index (κ2) is 9.64. The zero-order valence-electron chi connectivity index (χ0n) is 21.7. The van der Waals surface area contributed by atoms with Gasteiger partial charge in [0.05, 0.1) is 19.3 Å². The lowest BCUT2D eigenvalue weighted by Crippen LogP contribution is -2.61. The van der Waals surface area contributed by atoms with Gasteiger partial charge >= 0.3 is 6.18 Å². The Morgan fingerprint density at radius 2 is 1.82 bits per heavy atom. The summed E-state index contributed by atoms with van der Waals surface area (Å²) in [6.07, 6.45) is -3.68. The first-order valence-electron chi connectivity index (χ1n) is 13.1. The summed E-state index contributed by atoms with van der Waals surface area (Å²) in [5, 5.41) is 19.7. The zero-order valence-corrected chi connectivity index (χ0v) is 22.5. The van der Waals surface area contributed by atoms with E-state index in [9.17, 15) is 18.3 Å². The summed E-state index contributed by atoms with van der Waals surface area (Å²) in [6.45, 7) is 4.26. The van der Waals surface area contributed by atoms with E-state index in [0.717, 1.165) is 60.3 Å². The first-order chi connectivity index (χ1) is 18.6. The average Bonchev–Trinajstić information content (AvgIpc) is 3.22. The fourth-order valence-corrected chi connectivity index (χ4v) is 6.24. The molecule has 1 aliphatic carbocycles. The highest BCUT2D eigenvalue weighted by molar-refractivity contribution is 6.30. The predicted molar refractivity (Wildman–Crippen MR) is 139 cm³/mol. The first-order valence-corrected chi connectivity index (χ1v) is 13.5. The van der Waals surface area contributed by atoms with Gasteiger partial charge in [-0.1, -0.05) is 11.6 Å². The molecule has 6 rings (SSSR count). The minimum absolute atomic E-state index is 0.146. The third-order valence-electron chi connectivity index (χ3n) is 8.30. The molecule has 1 N–H and O–H groups in total.